The second kappa shape index (κ2) is 5.05. The zero-order chi connectivity index (χ0) is 10.7. The van der Waals surface area contributed by atoms with E-state index in [9.17, 15) is 4.79 Å². The molecule has 0 amide bonds. The van der Waals surface area contributed by atoms with E-state index in [2.05, 4.69) is 5.32 Å². The number of nitrogens with one attached hydrogen (secondary N) is 1. The largest absolute Gasteiger partial charge is 0.370 e. The van der Waals surface area contributed by atoms with Crippen LogP contribution in [0.3, 0.4) is 0 Å². The van der Waals surface area contributed by atoms with Gasteiger partial charge in [-0.1, -0.05) is 0 Å². The third kappa shape index (κ3) is 2.77. The van der Waals surface area contributed by atoms with Crippen molar-refractivity contribution in [2.24, 2.45) is 11.7 Å². The van der Waals surface area contributed by atoms with Gasteiger partial charge in [-0.25, -0.2) is 0 Å². The number of rotatable bonds is 4. The summed E-state index contributed by atoms with van der Waals surface area (Å²) in [5, 5.41) is 3.29. The molecule has 3 atom stereocenters. The van der Waals surface area contributed by atoms with Gasteiger partial charge >= 0.3 is 0 Å². The van der Waals surface area contributed by atoms with Gasteiger partial charge < -0.3 is 15.8 Å². The van der Waals surface area contributed by atoms with Gasteiger partial charge in [-0.2, -0.15) is 0 Å². The summed E-state index contributed by atoms with van der Waals surface area (Å²) in [6.45, 7) is 2.78. The van der Waals surface area contributed by atoms with Crippen molar-refractivity contribution in [3.05, 3.63) is 0 Å². The Kier molecular flexibility index (Phi) is 3.72. The van der Waals surface area contributed by atoms with E-state index in [1.54, 1.807) is 0 Å². The summed E-state index contributed by atoms with van der Waals surface area (Å²) in [4.78, 5) is 11.9. The molecule has 4 nitrogen and oxygen atoms in total. The van der Waals surface area contributed by atoms with Crippen molar-refractivity contribution in [2.45, 2.75) is 37.8 Å². The van der Waals surface area contributed by atoms with Crippen LogP contribution in [-0.4, -0.2) is 37.6 Å². The Labute approximate surface area is 90.5 Å². The number of carbonyl (C=O) groups excluding carboxylic acids is 1. The van der Waals surface area contributed by atoms with E-state index >= 15 is 0 Å². The smallest absolute Gasteiger partial charge is 0.178 e. The summed E-state index contributed by atoms with van der Waals surface area (Å²) in [5.74, 6) is 0.685. The maximum absolute atomic E-state index is 11.9. The number of nitrogens with two attached hydrogens (primary N) is 1. The van der Waals surface area contributed by atoms with Gasteiger partial charge in [-0.3, -0.25) is 4.79 Å². The van der Waals surface area contributed by atoms with E-state index in [4.69, 9.17) is 10.5 Å². The summed E-state index contributed by atoms with van der Waals surface area (Å²) in [6, 6.07) is -0.321. The van der Waals surface area contributed by atoms with Crippen molar-refractivity contribution in [3.63, 3.8) is 0 Å². The highest BCUT2D eigenvalue weighted by atomic mass is 16.5. The molecule has 2 fully saturated rings. The normalized spacial score (nSPS) is 33.1. The van der Waals surface area contributed by atoms with Crippen LogP contribution in [-0.2, 0) is 9.53 Å². The van der Waals surface area contributed by atoms with E-state index in [0.717, 1.165) is 38.8 Å². The van der Waals surface area contributed by atoms with E-state index in [-0.39, 0.29) is 17.9 Å². The quantitative estimate of drug-likeness (QED) is 0.691. The monoisotopic (exact) mass is 212 g/mol. The highest BCUT2D eigenvalue weighted by Crippen LogP contribution is 2.19. The van der Waals surface area contributed by atoms with Crippen molar-refractivity contribution in [1.29, 1.82) is 0 Å². The summed E-state index contributed by atoms with van der Waals surface area (Å²) in [5.41, 5.74) is 5.92. The number of hydrogen-bond acceptors (Lipinski definition) is 4. The molecule has 3 N–H and O–H groups in total. The molecular formula is C11H20N2O2. The maximum Gasteiger partial charge on any atom is 0.178 e. The van der Waals surface area contributed by atoms with Crippen molar-refractivity contribution in [1.82, 2.24) is 5.32 Å². The molecule has 1 unspecified atom stereocenters. The van der Waals surface area contributed by atoms with Gasteiger partial charge in [-0.05, 0) is 44.7 Å². The molecular weight excluding hydrogens is 192 g/mol. The number of ether oxygens (including phenoxy) is 1. The fourth-order valence-electron chi connectivity index (χ4n) is 2.43. The Morgan fingerprint density at radius 2 is 2.40 bits per heavy atom. The molecule has 0 bridgehead atoms. The lowest BCUT2D eigenvalue weighted by Crippen LogP contribution is -2.39. The minimum atomic E-state index is -0.321. The van der Waals surface area contributed by atoms with Gasteiger partial charge in [0.25, 0.3) is 0 Å². The standard InChI is InChI=1S/C11H20N2O2/c12-9(6-8-3-4-13-7-8)11(14)10-2-1-5-15-10/h8-10,13H,1-7,12H2/t8-,9-,10?/m0/s1. The third-order valence-corrected chi connectivity index (χ3v) is 3.36. The minimum Gasteiger partial charge on any atom is -0.370 e. The van der Waals surface area contributed by atoms with Crippen LogP contribution in [0, 0.1) is 5.92 Å². The predicted octanol–water partition coefficient (Wildman–Crippen LogP) is 0.0614. The Bertz CT molecular complexity index is 221. The first kappa shape index (κ1) is 11.0. The Hall–Kier alpha value is -0.450. The summed E-state index contributed by atoms with van der Waals surface area (Å²) in [6.07, 6.45) is 3.59. The Morgan fingerprint density at radius 3 is 3.00 bits per heavy atom. The molecule has 86 valence electrons. The first-order chi connectivity index (χ1) is 7.27. The second-order valence-corrected chi connectivity index (χ2v) is 4.61. The van der Waals surface area contributed by atoms with E-state index in [0.29, 0.717) is 12.5 Å². The molecule has 0 aromatic carbocycles. The third-order valence-electron chi connectivity index (χ3n) is 3.36. The average Bonchev–Trinajstić information content (AvgIpc) is 2.88. The zero-order valence-electron chi connectivity index (χ0n) is 9.08. The summed E-state index contributed by atoms with van der Waals surface area (Å²) < 4.78 is 5.36. The lowest BCUT2D eigenvalue weighted by molar-refractivity contribution is -0.129. The van der Waals surface area contributed by atoms with Crippen LogP contribution in [0.15, 0.2) is 0 Å². The molecule has 2 aliphatic heterocycles. The molecule has 0 radical (unpaired) electrons. The van der Waals surface area contributed by atoms with E-state index in [1.165, 1.54) is 0 Å². The van der Waals surface area contributed by atoms with Crippen molar-refractivity contribution in [3.8, 4) is 0 Å². The molecule has 4 heteroatoms. The second-order valence-electron chi connectivity index (χ2n) is 4.61. The average molecular weight is 212 g/mol. The van der Waals surface area contributed by atoms with Gasteiger partial charge in [0.2, 0.25) is 0 Å². The first-order valence-corrected chi connectivity index (χ1v) is 5.89. The lowest BCUT2D eigenvalue weighted by Gasteiger charge is -2.17. The minimum absolute atomic E-state index is 0.111. The molecule has 0 saturated carbocycles. The molecule has 2 saturated heterocycles. The Morgan fingerprint density at radius 1 is 1.53 bits per heavy atom. The van der Waals surface area contributed by atoms with Crippen molar-refractivity contribution < 1.29 is 9.53 Å². The number of hydrogen-bond donors (Lipinski definition) is 2. The van der Waals surface area contributed by atoms with Crippen LogP contribution >= 0.6 is 0 Å². The fraction of sp³-hybridized carbons (Fsp3) is 0.909. The van der Waals surface area contributed by atoms with E-state index in [1.807, 2.05) is 0 Å². The zero-order valence-corrected chi connectivity index (χ0v) is 9.08. The molecule has 15 heavy (non-hydrogen) atoms. The van der Waals surface area contributed by atoms with Gasteiger partial charge in [0.05, 0.1) is 6.04 Å². The molecule has 0 aromatic rings. The van der Waals surface area contributed by atoms with Crippen molar-refractivity contribution >= 4 is 5.78 Å². The van der Waals surface area contributed by atoms with E-state index < -0.39 is 0 Å². The predicted molar refractivity (Wildman–Crippen MR) is 57.6 cm³/mol. The van der Waals surface area contributed by atoms with Gasteiger partial charge in [0.1, 0.15) is 6.10 Å². The number of carbonyl (C=O) groups is 1. The molecule has 2 heterocycles. The maximum atomic E-state index is 11.9. The van der Waals surface area contributed by atoms with Gasteiger partial charge in [0, 0.05) is 6.61 Å². The van der Waals surface area contributed by atoms with Crippen LogP contribution < -0.4 is 11.1 Å². The number of ketones is 1. The Balaban J connectivity index is 1.78. The van der Waals surface area contributed by atoms with Crippen molar-refractivity contribution in [2.75, 3.05) is 19.7 Å². The highest BCUT2D eigenvalue weighted by molar-refractivity contribution is 5.88. The molecule has 2 rings (SSSR count). The lowest BCUT2D eigenvalue weighted by atomic mass is 9.94. The van der Waals surface area contributed by atoms with Gasteiger partial charge in [0.15, 0.2) is 5.78 Å². The first-order valence-electron chi connectivity index (χ1n) is 5.89. The fourth-order valence-corrected chi connectivity index (χ4v) is 2.43. The summed E-state index contributed by atoms with van der Waals surface area (Å²) in [7, 11) is 0. The van der Waals surface area contributed by atoms with Gasteiger partial charge in [-0.15, -0.1) is 0 Å². The SMILES string of the molecule is N[C@@H](C[C@@H]1CCNC1)C(=O)C1CCCO1. The molecule has 0 aromatic heterocycles. The van der Waals surface area contributed by atoms with Crippen LogP contribution in [0.1, 0.15) is 25.7 Å². The van der Waals surface area contributed by atoms with Crippen LogP contribution in [0.5, 0.6) is 0 Å². The molecule has 2 aliphatic rings. The highest BCUT2D eigenvalue weighted by Gasteiger charge is 2.30. The number of Topliss-reactive ketones (excluding diaryl/α,β-unsaturated/α-hetero) is 1. The summed E-state index contributed by atoms with van der Waals surface area (Å²) >= 11 is 0. The molecule has 0 spiro atoms. The van der Waals surface area contributed by atoms with Crippen LogP contribution in [0.2, 0.25) is 0 Å². The topological polar surface area (TPSA) is 64.3 Å². The van der Waals surface area contributed by atoms with Crippen LogP contribution in [0.25, 0.3) is 0 Å². The van der Waals surface area contributed by atoms with Crippen LogP contribution in [0.4, 0.5) is 0 Å². The molecule has 0 aliphatic carbocycles.